The zero-order valence-corrected chi connectivity index (χ0v) is 14.5. The Morgan fingerprint density at radius 3 is 2.17 bits per heavy atom. The Hall–Kier alpha value is 0.400. The molecule has 3 heteroatoms. The van der Waals surface area contributed by atoms with Gasteiger partial charge in [0.1, 0.15) is 0 Å². The summed E-state index contributed by atoms with van der Waals surface area (Å²) in [6.07, 6.45) is 2.51. The van der Waals surface area contributed by atoms with Crippen LogP contribution in [-0.4, -0.2) is 11.0 Å². The van der Waals surface area contributed by atoms with Crippen LogP contribution in [0.2, 0.25) is 0 Å². The Bertz CT molecular complexity index is 408. The normalized spacial score (nSPS) is 22.6. The Balaban J connectivity index is 2.45. The fourth-order valence-corrected chi connectivity index (χ4v) is 6.92. The molecule has 3 unspecified atom stereocenters. The summed E-state index contributed by atoms with van der Waals surface area (Å²) >= 11 is 6.33. The van der Waals surface area contributed by atoms with E-state index in [2.05, 4.69) is 69.5 Å². The predicted octanol–water partition coefficient (Wildman–Crippen LogP) is 6.36. The van der Waals surface area contributed by atoms with Crippen LogP contribution < -0.4 is 0 Å². The van der Waals surface area contributed by atoms with Gasteiger partial charge in [0, 0.05) is 30.5 Å². The lowest BCUT2D eigenvalue weighted by Crippen LogP contribution is -2.06. The van der Waals surface area contributed by atoms with Crippen LogP contribution in [0, 0.1) is 0 Å². The molecule has 0 saturated carbocycles. The van der Waals surface area contributed by atoms with E-state index in [1.807, 2.05) is 0 Å². The van der Waals surface area contributed by atoms with Crippen molar-refractivity contribution in [3.63, 3.8) is 0 Å². The van der Waals surface area contributed by atoms with Crippen LogP contribution in [0.5, 0.6) is 0 Å². The maximum absolute atomic E-state index is 2.39. The molecule has 1 aromatic rings. The largest absolute Gasteiger partial charge is 0.142 e. The molecule has 1 aromatic heterocycles. The maximum atomic E-state index is 2.39. The van der Waals surface area contributed by atoms with E-state index in [1.165, 1.54) is 18.6 Å². The molecule has 102 valence electrons. The van der Waals surface area contributed by atoms with E-state index in [1.54, 1.807) is 19.5 Å². The molecule has 2 heterocycles. The summed E-state index contributed by atoms with van der Waals surface area (Å²) in [5.74, 6) is 2.72. The number of hydrogen-bond donors (Lipinski definition) is 0. The van der Waals surface area contributed by atoms with Crippen molar-refractivity contribution in [2.45, 2.75) is 74.3 Å². The average Bonchev–Trinajstić information content (AvgIpc) is 2.75. The molecular weight excluding hydrogens is 276 g/mol. The quantitative estimate of drug-likeness (QED) is 0.634. The number of thiophene rings is 1. The standard InChI is InChI=1S/C15H24S3/c1-6-9(3)12-14-15(17-11(5)8-16-14)13(18-12)10(4)7-2/h9-11H,6-8H2,1-5H3. The molecule has 0 amide bonds. The number of rotatable bonds is 4. The molecule has 18 heavy (non-hydrogen) atoms. The Morgan fingerprint density at radius 1 is 1.06 bits per heavy atom. The highest BCUT2D eigenvalue weighted by molar-refractivity contribution is 8.06. The number of fused-ring (bicyclic) bond motifs is 1. The minimum Gasteiger partial charge on any atom is -0.142 e. The van der Waals surface area contributed by atoms with Gasteiger partial charge in [0.2, 0.25) is 0 Å². The van der Waals surface area contributed by atoms with Gasteiger partial charge in [-0.3, -0.25) is 0 Å². The summed E-state index contributed by atoms with van der Waals surface area (Å²) in [5.41, 5.74) is 0. The van der Waals surface area contributed by atoms with Crippen molar-refractivity contribution in [1.82, 2.24) is 0 Å². The molecule has 0 nitrogen and oxygen atoms in total. The minimum absolute atomic E-state index is 0.722. The molecule has 1 aliphatic rings. The lowest BCUT2D eigenvalue weighted by Gasteiger charge is -2.21. The van der Waals surface area contributed by atoms with Crippen molar-refractivity contribution in [2.24, 2.45) is 0 Å². The monoisotopic (exact) mass is 300 g/mol. The zero-order chi connectivity index (χ0) is 13.3. The molecule has 0 bridgehead atoms. The van der Waals surface area contributed by atoms with Gasteiger partial charge in [-0.15, -0.1) is 34.9 Å². The topological polar surface area (TPSA) is 0 Å². The van der Waals surface area contributed by atoms with Crippen LogP contribution in [0.3, 0.4) is 0 Å². The molecular formula is C15H24S3. The summed E-state index contributed by atoms with van der Waals surface area (Å²) in [4.78, 5) is 6.58. The van der Waals surface area contributed by atoms with E-state index in [0.29, 0.717) is 0 Å². The van der Waals surface area contributed by atoms with E-state index in [0.717, 1.165) is 17.1 Å². The summed E-state index contributed by atoms with van der Waals surface area (Å²) in [7, 11) is 0. The Kier molecular flexibility index (Phi) is 5.13. The van der Waals surface area contributed by atoms with Crippen LogP contribution in [0.4, 0.5) is 0 Å². The Morgan fingerprint density at radius 2 is 1.61 bits per heavy atom. The van der Waals surface area contributed by atoms with Crippen molar-refractivity contribution >= 4 is 34.9 Å². The second kappa shape index (κ2) is 6.23. The third kappa shape index (κ3) is 2.78. The van der Waals surface area contributed by atoms with Gasteiger partial charge >= 0.3 is 0 Å². The van der Waals surface area contributed by atoms with Gasteiger partial charge in [0.05, 0.1) is 0 Å². The van der Waals surface area contributed by atoms with Crippen LogP contribution >= 0.6 is 34.9 Å². The van der Waals surface area contributed by atoms with Gasteiger partial charge in [0.15, 0.2) is 0 Å². The van der Waals surface area contributed by atoms with E-state index in [4.69, 9.17) is 0 Å². The van der Waals surface area contributed by atoms with Gasteiger partial charge in [-0.05, 0) is 24.7 Å². The number of thioether (sulfide) groups is 2. The average molecular weight is 301 g/mol. The summed E-state index contributed by atoms with van der Waals surface area (Å²) in [6, 6.07) is 0. The van der Waals surface area contributed by atoms with E-state index in [9.17, 15) is 0 Å². The molecule has 0 radical (unpaired) electrons. The molecule has 2 rings (SSSR count). The van der Waals surface area contributed by atoms with E-state index in [-0.39, 0.29) is 0 Å². The van der Waals surface area contributed by atoms with Gasteiger partial charge < -0.3 is 0 Å². The molecule has 0 aliphatic carbocycles. The van der Waals surface area contributed by atoms with Crippen LogP contribution in [-0.2, 0) is 0 Å². The Labute approximate surface area is 124 Å². The molecule has 0 fully saturated rings. The number of hydrogen-bond acceptors (Lipinski definition) is 3. The molecule has 3 atom stereocenters. The summed E-state index contributed by atoms with van der Waals surface area (Å²) in [6.45, 7) is 11.8. The highest BCUT2D eigenvalue weighted by atomic mass is 32.2. The highest BCUT2D eigenvalue weighted by Crippen LogP contribution is 2.53. The van der Waals surface area contributed by atoms with Crippen molar-refractivity contribution in [3.05, 3.63) is 9.75 Å². The summed E-state index contributed by atoms with van der Waals surface area (Å²) < 4.78 is 0. The second-order valence-corrected chi connectivity index (χ2v) is 8.91. The first-order valence-electron chi connectivity index (χ1n) is 7.04. The highest BCUT2D eigenvalue weighted by Gasteiger charge is 2.28. The van der Waals surface area contributed by atoms with Crippen LogP contribution in [0.25, 0.3) is 0 Å². The third-order valence-corrected chi connectivity index (χ3v) is 8.63. The molecule has 0 aromatic carbocycles. The van der Waals surface area contributed by atoms with Crippen molar-refractivity contribution < 1.29 is 0 Å². The minimum atomic E-state index is 0.722. The second-order valence-electron chi connectivity index (χ2n) is 5.35. The van der Waals surface area contributed by atoms with E-state index >= 15 is 0 Å². The molecule has 1 aliphatic heterocycles. The van der Waals surface area contributed by atoms with Crippen molar-refractivity contribution in [3.8, 4) is 0 Å². The smallest absolute Gasteiger partial charge is 0.0356 e. The maximum Gasteiger partial charge on any atom is 0.0356 e. The van der Waals surface area contributed by atoms with Gasteiger partial charge in [-0.2, -0.15) is 0 Å². The van der Waals surface area contributed by atoms with Crippen molar-refractivity contribution in [2.75, 3.05) is 5.75 Å². The lowest BCUT2D eigenvalue weighted by molar-refractivity contribution is 0.723. The van der Waals surface area contributed by atoms with Gasteiger partial charge in [0.25, 0.3) is 0 Å². The lowest BCUT2D eigenvalue weighted by atomic mass is 10.1. The summed E-state index contributed by atoms with van der Waals surface area (Å²) in [5, 5.41) is 0.768. The SMILES string of the molecule is CCC(C)c1sc(C(C)CC)c2c1SCC(C)S2. The fraction of sp³-hybridized carbons (Fsp3) is 0.733. The van der Waals surface area contributed by atoms with Crippen LogP contribution in [0.1, 0.15) is 69.1 Å². The first-order valence-corrected chi connectivity index (χ1v) is 9.72. The third-order valence-electron chi connectivity index (χ3n) is 3.78. The zero-order valence-electron chi connectivity index (χ0n) is 12.1. The first kappa shape index (κ1) is 14.8. The molecule has 0 N–H and O–H groups in total. The van der Waals surface area contributed by atoms with Gasteiger partial charge in [-0.1, -0.05) is 34.6 Å². The predicted molar refractivity (Wildman–Crippen MR) is 87.8 cm³/mol. The van der Waals surface area contributed by atoms with Crippen molar-refractivity contribution in [1.29, 1.82) is 0 Å². The van der Waals surface area contributed by atoms with Gasteiger partial charge in [-0.25, -0.2) is 0 Å². The fourth-order valence-electron chi connectivity index (χ4n) is 2.14. The first-order chi connectivity index (χ1) is 8.58. The van der Waals surface area contributed by atoms with E-state index < -0.39 is 0 Å². The van der Waals surface area contributed by atoms with Crippen LogP contribution in [0.15, 0.2) is 9.79 Å². The molecule has 0 spiro atoms. The molecule has 0 saturated heterocycles.